The van der Waals surface area contributed by atoms with Crippen LogP contribution in [0.15, 0.2) is 35.5 Å². The molecule has 3 heterocycles. The highest BCUT2D eigenvalue weighted by Gasteiger charge is 2.34. The van der Waals surface area contributed by atoms with Crippen molar-refractivity contribution < 1.29 is 27.5 Å². The van der Waals surface area contributed by atoms with Gasteiger partial charge in [-0.2, -0.15) is 4.72 Å². The van der Waals surface area contributed by atoms with E-state index in [2.05, 4.69) is 32.2 Å². The van der Waals surface area contributed by atoms with Crippen molar-refractivity contribution in [3.8, 4) is 0 Å². The summed E-state index contributed by atoms with van der Waals surface area (Å²) >= 11 is 0. The molecular formula is C27H40N6O6S. The number of nitrogens with one attached hydrogen (secondary N) is 4. The minimum Gasteiger partial charge on any atom is -0.465 e. The van der Waals surface area contributed by atoms with E-state index in [-0.39, 0.29) is 37.1 Å². The van der Waals surface area contributed by atoms with Crippen molar-refractivity contribution in [1.29, 1.82) is 0 Å². The van der Waals surface area contributed by atoms with Crippen LogP contribution < -0.4 is 15.4 Å². The molecule has 0 bridgehead atoms. The molecule has 2 aliphatic heterocycles. The normalized spacial score (nSPS) is 19.4. The average Bonchev–Trinajstić information content (AvgIpc) is 3.64. The molecule has 2 unspecified atom stereocenters. The summed E-state index contributed by atoms with van der Waals surface area (Å²) in [6.07, 6.45) is 6.16. The first-order valence-electron chi connectivity index (χ1n) is 13.9. The number of amides is 1. The molecule has 220 valence electrons. The molecule has 0 radical (unpaired) electrons. The Morgan fingerprint density at radius 2 is 2.17 bits per heavy atom. The molecule has 1 amide bonds. The lowest BCUT2D eigenvalue weighted by Gasteiger charge is -2.30. The van der Waals surface area contributed by atoms with Crippen LogP contribution in [0.2, 0.25) is 0 Å². The Kier molecular flexibility index (Phi) is 10.4. The monoisotopic (exact) mass is 576 g/mol. The Morgan fingerprint density at radius 1 is 1.32 bits per heavy atom. The molecule has 2 aromatic rings. The van der Waals surface area contributed by atoms with Crippen LogP contribution in [-0.2, 0) is 35.5 Å². The standard InChI is InChI=1S/C27H40N6O6S/c1-3-38-24(34)18-33(17-21-8-6-14-39-21)26(35)22(9-5-11-28-27-29-12-13-30-27)32-40(36,37)23-10-4-7-20-15-19(2)16-31-25(20)23/h4,7,10,12-13,19,21-22,31-32H,3,5-6,8-9,11,14-18H2,1-2H3,(H2,28,29,30)/t19?,21?,22-/m0/s1. The molecule has 0 spiro atoms. The highest BCUT2D eigenvalue weighted by Crippen LogP contribution is 2.31. The number of sulfonamides is 1. The summed E-state index contributed by atoms with van der Waals surface area (Å²) in [6.45, 7) is 5.59. The minimum absolute atomic E-state index is 0.111. The number of nitrogens with zero attached hydrogens (tertiary/aromatic N) is 2. The van der Waals surface area contributed by atoms with Crippen molar-refractivity contribution in [3.05, 3.63) is 36.2 Å². The number of aromatic amines is 1. The lowest BCUT2D eigenvalue weighted by atomic mass is 9.96. The smallest absolute Gasteiger partial charge is 0.325 e. The molecule has 1 aromatic heterocycles. The number of benzene rings is 1. The quantitative estimate of drug-likeness (QED) is 0.196. The van der Waals surface area contributed by atoms with E-state index in [1.807, 2.05) is 6.07 Å². The molecule has 40 heavy (non-hydrogen) atoms. The number of rotatable bonds is 14. The molecule has 1 saturated heterocycles. The second kappa shape index (κ2) is 14.0. The zero-order valence-electron chi connectivity index (χ0n) is 23.1. The van der Waals surface area contributed by atoms with Crippen molar-refractivity contribution in [1.82, 2.24) is 19.6 Å². The van der Waals surface area contributed by atoms with Crippen molar-refractivity contribution in [2.24, 2.45) is 5.92 Å². The summed E-state index contributed by atoms with van der Waals surface area (Å²) in [6, 6.07) is 4.09. The van der Waals surface area contributed by atoms with Gasteiger partial charge in [0.1, 0.15) is 17.5 Å². The minimum atomic E-state index is -4.09. The van der Waals surface area contributed by atoms with E-state index in [0.717, 1.165) is 24.8 Å². The number of anilines is 2. The first-order chi connectivity index (χ1) is 19.3. The molecule has 3 atom stereocenters. The Labute approximate surface area is 235 Å². The summed E-state index contributed by atoms with van der Waals surface area (Å²) in [7, 11) is -4.09. The van der Waals surface area contributed by atoms with Crippen LogP contribution in [0.25, 0.3) is 0 Å². The first kappa shape index (κ1) is 29.8. The summed E-state index contributed by atoms with van der Waals surface area (Å²) in [4.78, 5) is 34.9. The Balaban J connectivity index is 1.55. The van der Waals surface area contributed by atoms with Crippen LogP contribution >= 0.6 is 0 Å². The van der Waals surface area contributed by atoms with Gasteiger partial charge < -0.3 is 30.0 Å². The van der Waals surface area contributed by atoms with Crippen LogP contribution in [0.1, 0.15) is 45.1 Å². The van der Waals surface area contributed by atoms with Crippen molar-refractivity contribution >= 4 is 33.5 Å². The van der Waals surface area contributed by atoms with E-state index in [0.29, 0.717) is 43.7 Å². The molecule has 1 aromatic carbocycles. The maximum Gasteiger partial charge on any atom is 0.325 e. The topological polar surface area (TPSA) is 155 Å². The number of ether oxygens (including phenoxy) is 2. The van der Waals surface area contributed by atoms with Gasteiger partial charge in [0, 0.05) is 38.6 Å². The van der Waals surface area contributed by atoms with Crippen molar-refractivity contribution in [2.45, 2.75) is 63.0 Å². The predicted molar refractivity (Wildman–Crippen MR) is 150 cm³/mol. The van der Waals surface area contributed by atoms with Gasteiger partial charge in [-0.05, 0) is 56.6 Å². The lowest BCUT2D eigenvalue weighted by Crippen LogP contribution is -2.52. The SMILES string of the molecule is CCOC(=O)CN(CC1CCCO1)C(=O)[C@H](CCCNc1ncc[nH]1)NS(=O)(=O)c1cccc2c1NCC(C)C2. The third-order valence-electron chi connectivity index (χ3n) is 7.04. The predicted octanol–water partition coefficient (Wildman–Crippen LogP) is 2.12. The van der Waals surface area contributed by atoms with Gasteiger partial charge in [-0.3, -0.25) is 9.59 Å². The van der Waals surface area contributed by atoms with E-state index in [9.17, 15) is 18.0 Å². The van der Waals surface area contributed by atoms with E-state index in [4.69, 9.17) is 9.47 Å². The maximum absolute atomic E-state index is 13.9. The number of carbonyl (C=O) groups excluding carboxylic acids is 2. The summed E-state index contributed by atoms with van der Waals surface area (Å²) < 4.78 is 41.0. The Hall–Kier alpha value is -3.16. The van der Waals surface area contributed by atoms with Crippen LogP contribution in [-0.4, -0.2) is 86.7 Å². The fourth-order valence-electron chi connectivity index (χ4n) is 5.10. The van der Waals surface area contributed by atoms with Crippen LogP contribution in [0.3, 0.4) is 0 Å². The molecule has 0 aliphatic carbocycles. The Morgan fingerprint density at radius 3 is 2.90 bits per heavy atom. The molecular weight excluding hydrogens is 536 g/mol. The van der Waals surface area contributed by atoms with Gasteiger partial charge in [-0.25, -0.2) is 13.4 Å². The fraction of sp³-hybridized carbons (Fsp3) is 0.593. The number of hydrogen-bond donors (Lipinski definition) is 4. The van der Waals surface area contributed by atoms with Crippen LogP contribution in [0, 0.1) is 5.92 Å². The van der Waals surface area contributed by atoms with Gasteiger partial charge in [-0.1, -0.05) is 19.1 Å². The highest BCUT2D eigenvalue weighted by molar-refractivity contribution is 7.89. The highest BCUT2D eigenvalue weighted by atomic mass is 32.2. The maximum atomic E-state index is 13.9. The van der Waals surface area contributed by atoms with E-state index in [1.165, 1.54) is 4.90 Å². The molecule has 4 rings (SSSR count). The van der Waals surface area contributed by atoms with Gasteiger partial charge in [-0.15, -0.1) is 0 Å². The van der Waals surface area contributed by atoms with Gasteiger partial charge in [0.05, 0.1) is 18.4 Å². The zero-order chi connectivity index (χ0) is 28.5. The first-order valence-corrected chi connectivity index (χ1v) is 15.4. The number of aromatic nitrogens is 2. The molecule has 0 saturated carbocycles. The number of fused-ring (bicyclic) bond motifs is 1. The fourth-order valence-corrected chi connectivity index (χ4v) is 6.55. The second-order valence-electron chi connectivity index (χ2n) is 10.3. The van der Waals surface area contributed by atoms with Crippen LogP contribution in [0.5, 0.6) is 0 Å². The number of H-pyrrole nitrogens is 1. The number of esters is 1. The number of para-hydroxylation sites is 1. The lowest BCUT2D eigenvalue weighted by molar-refractivity contribution is -0.150. The summed E-state index contributed by atoms with van der Waals surface area (Å²) in [5, 5.41) is 6.38. The third kappa shape index (κ3) is 7.95. The molecule has 4 N–H and O–H groups in total. The van der Waals surface area contributed by atoms with Crippen molar-refractivity contribution in [2.75, 3.05) is 50.0 Å². The van der Waals surface area contributed by atoms with E-state index in [1.54, 1.807) is 31.5 Å². The van der Waals surface area contributed by atoms with E-state index < -0.39 is 27.9 Å². The molecule has 1 fully saturated rings. The second-order valence-corrected chi connectivity index (χ2v) is 12.0. The van der Waals surface area contributed by atoms with Crippen molar-refractivity contribution in [3.63, 3.8) is 0 Å². The van der Waals surface area contributed by atoms with Gasteiger partial charge in [0.2, 0.25) is 15.9 Å². The van der Waals surface area contributed by atoms with Gasteiger partial charge in [0.15, 0.2) is 5.95 Å². The summed E-state index contributed by atoms with van der Waals surface area (Å²) in [5.41, 5.74) is 1.50. The summed E-state index contributed by atoms with van der Waals surface area (Å²) in [5.74, 6) is -0.0764. The number of hydrogen-bond acceptors (Lipinski definition) is 9. The van der Waals surface area contributed by atoms with E-state index >= 15 is 0 Å². The van der Waals surface area contributed by atoms with Crippen LogP contribution in [0.4, 0.5) is 11.6 Å². The molecule has 13 heteroatoms. The molecule has 12 nitrogen and oxygen atoms in total. The zero-order valence-corrected chi connectivity index (χ0v) is 24.0. The average molecular weight is 577 g/mol. The number of carbonyl (C=O) groups is 2. The molecule has 2 aliphatic rings. The third-order valence-corrected chi connectivity index (χ3v) is 8.55. The largest absolute Gasteiger partial charge is 0.465 e. The van der Waals surface area contributed by atoms with Gasteiger partial charge in [0.25, 0.3) is 0 Å². The Bertz CT molecular complexity index is 1230. The van der Waals surface area contributed by atoms with Gasteiger partial charge >= 0.3 is 5.97 Å². The number of imidazole rings is 1.